The van der Waals surface area contributed by atoms with Gasteiger partial charge in [0.1, 0.15) is 22.8 Å². The molecule has 0 heterocycles. The lowest BCUT2D eigenvalue weighted by Gasteiger charge is -2.13. The first kappa shape index (κ1) is 16.3. The van der Waals surface area contributed by atoms with Gasteiger partial charge in [0.05, 0.1) is 12.0 Å². The van der Waals surface area contributed by atoms with Gasteiger partial charge in [0, 0.05) is 12.1 Å². The third-order valence-corrected chi connectivity index (χ3v) is 3.28. The molecule has 0 unspecified atom stereocenters. The summed E-state index contributed by atoms with van der Waals surface area (Å²) >= 11 is 0. The van der Waals surface area contributed by atoms with E-state index in [2.05, 4.69) is 0 Å². The summed E-state index contributed by atoms with van der Waals surface area (Å²) in [5.41, 5.74) is 1.13. The third kappa shape index (κ3) is 3.39. The number of carbonyl (C=O) groups is 1. The number of benzene rings is 2. The average molecular weight is 317 g/mol. The second-order valence-corrected chi connectivity index (χ2v) is 4.94. The van der Waals surface area contributed by atoms with Gasteiger partial charge < -0.3 is 14.6 Å². The van der Waals surface area contributed by atoms with E-state index in [9.17, 15) is 20.0 Å². The molecule has 0 aliphatic rings. The molecule has 0 saturated carbocycles. The molecule has 0 aliphatic carbocycles. The van der Waals surface area contributed by atoms with Crippen LogP contribution < -0.4 is 9.47 Å². The molecule has 120 valence electrons. The molecule has 1 N–H and O–H groups in total. The van der Waals surface area contributed by atoms with Crippen molar-refractivity contribution < 1.29 is 24.3 Å². The number of carboxylic acids is 1. The summed E-state index contributed by atoms with van der Waals surface area (Å²) in [6.07, 6.45) is 0. The van der Waals surface area contributed by atoms with Crippen molar-refractivity contribution in [2.24, 2.45) is 0 Å². The van der Waals surface area contributed by atoms with Crippen LogP contribution in [-0.4, -0.2) is 23.1 Å². The van der Waals surface area contributed by atoms with Crippen LogP contribution >= 0.6 is 0 Å². The summed E-state index contributed by atoms with van der Waals surface area (Å²) in [6.45, 7) is 3.38. The monoisotopic (exact) mass is 317 g/mol. The summed E-state index contributed by atoms with van der Waals surface area (Å²) in [4.78, 5) is 21.6. The first-order chi connectivity index (χ1) is 10.8. The van der Waals surface area contributed by atoms with Gasteiger partial charge in [-0.15, -0.1) is 0 Å². The molecule has 7 heteroatoms. The summed E-state index contributed by atoms with van der Waals surface area (Å²) in [7, 11) is 1.38. The van der Waals surface area contributed by atoms with E-state index >= 15 is 0 Å². The molecule has 0 radical (unpaired) electrons. The van der Waals surface area contributed by atoms with Crippen molar-refractivity contribution in [3.8, 4) is 17.2 Å². The summed E-state index contributed by atoms with van der Waals surface area (Å²) in [5, 5.41) is 20.0. The smallest absolute Gasteiger partial charge is 0.339 e. The molecule has 23 heavy (non-hydrogen) atoms. The Hall–Kier alpha value is -3.09. The fourth-order valence-corrected chi connectivity index (χ4v) is 2.23. The van der Waals surface area contributed by atoms with E-state index in [-0.39, 0.29) is 17.0 Å². The molecule has 2 aromatic rings. The predicted molar refractivity (Wildman–Crippen MR) is 82.6 cm³/mol. The van der Waals surface area contributed by atoms with Crippen molar-refractivity contribution in [2.75, 3.05) is 7.11 Å². The fourth-order valence-electron chi connectivity index (χ4n) is 2.23. The number of nitro groups is 1. The number of hydrogen-bond donors (Lipinski definition) is 1. The van der Waals surface area contributed by atoms with Crippen LogP contribution in [0.1, 0.15) is 21.5 Å². The van der Waals surface area contributed by atoms with Crippen LogP contribution in [0.4, 0.5) is 5.69 Å². The first-order valence-electron chi connectivity index (χ1n) is 6.68. The predicted octanol–water partition coefficient (Wildman–Crippen LogP) is 3.71. The number of aromatic carboxylic acids is 1. The Morgan fingerprint density at radius 3 is 2.26 bits per heavy atom. The number of nitro benzene ring substituents is 1. The number of non-ortho nitro benzene ring substituents is 1. The van der Waals surface area contributed by atoms with Gasteiger partial charge in [-0.25, -0.2) is 4.79 Å². The molecule has 0 spiro atoms. The molecule has 0 bridgehead atoms. The van der Waals surface area contributed by atoms with Crippen molar-refractivity contribution in [3.05, 3.63) is 57.1 Å². The van der Waals surface area contributed by atoms with Gasteiger partial charge in [-0.2, -0.15) is 0 Å². The van der Waals surface area contributed by atoms with Gasteiger partial charge in [-0.05, 0) is 43.2 Å². The number of carboxylic acid groups (broad SMARTS) is 1. The minimum atomic E-state index is -1.13. The Morgan fingerprint density at radius 2 is 1.78 bits per heavy atom. The molecule has 0 amide bonds. The van der Waals surface area contributed by atoms with E-state index in [4.69, 9.17) is 9.47 Å². The summed E-state index contributed by atoms with van der Waals surface area (Å²) < 4.78 is 10.7. The second kappa shape index (κ2) is 6.35. The highest BCUT2D eigenvalue weighted by atomic mass is 16.6. The normalized spacial score (nSPS) is 10.2. The Labute approximate surface area is 132 Å². The molecule has 0 fully saturated rings. The number of rotatable bonds is 5. The maximum Gasteiger partial charge on any atom is 0.339 e. The maximum atomic E-state index is 11.2. The lowest BCUT2D eigenvalue weighted by Crippen LogP contribution is -2.01. The molecule has 0 aromatic heterocycles. The summed E-state index contributed by atoms with van der Waals surface area (Å²) in [6, 6.07) is 7.23. The van der Waals surface area contributed by atoms with E-state index < -0.39 is 10.9 Å². The Bertz CT molecular complexity index is 761. The zero-order chi connectivity index (χ0) is 17.1. The highest BCUT2D eigenvalue weighted by Crippen LogP contribution is 2.34. The minimum absolute atomic E-state index is 0.0201. The van der Waals surface area contributed by atoms with Crippen molar-refractivity contribution in [2.45, 2.75) is 13.8 Å². The van der Waals surface area contributed by atoms with E-state index in [0.717, 1.165) is 0 Å². The molecule has 0 atom stereocenters. The van der Waals surface area contributed by atoms with Crippen LogP contribution in [0.15, 0.2) is 30.3 Å². The van der Waals surface area contributed by atoms with Gasteiger partial charge in [0.15, 0.2) is 0 Å². The number of aryl methyl sites for hydroxylation is 2. The van der Waals surface area contributed by atoms with Crippen molar-refractivity contribution >= 4 is 11.7 Å². The van der Waals surface area contributed by atoms with Gasteiger partial charge in [-0.1, -0.05) is 0 Å². The highest BCUT2D eigenvalue weighted by Gasteiger charge is 2.16. The molecule has 2 aromatic carbocycles. The van der Waals surface area contributed by atoms with Crippen molar-refractivity contribution in [1.29, 1.82) is 0 Å². The van der Waals surface area contributed by atoms with E-state index in [1.165, 1.54) is 31.4 Å². The number of methoxy groups -OCH3 is 1. The molecule has 2 rings (SSSR count). The first-order valence-corrected chi connectivity index (χ1v) is 6.68. The minimum Gasteiger partial charge on any atom is -0.496 e. The Balaban J connectivity index is 2.42. The average Bonchev–Trinajstić information content (AvgIpc) is 2.50. The Kier molecular flexibility index (Phi) is 4.49. The van der Waals surface area contributed by atoms with Crippen LogP contribution in [0.25, 0.3) is 0 Å². The van der Waals surface area contributed by atoms with Crippen molar-refractivity contribution in [1.82, 2.24) is 0 Å². The topological polar surface area (TPSA) is 98.9 Å². The fraction of sp³-hybridized carbons (Fsp3) is 0.188. The van der Waals surface area contributed by atoms with Crippen LogP contribution in [0.3, 0.4) is 0 Å². The second-order valence-electron chi connectivity index (χ2n) is 4.94. The van der Waals surface area contributed by atoms with Crippen molar-refractivity contribution in [3.63, 3.8) is 0 Å². The number of nitrogens with zero attached hydrogens (tertiary/aromatic N) is 1. The van der Waals surface area contributed by atoms with Crippen LogP contribution in [0, 0.1) is 24.0 Å². The maximum absolute atomic E-state index is 11.2. The van der Waals surface area contributed by atoms with Crippen LogP contribution in [-0.2, 0) is 0 Å². The number of ether oxygens (including phenoxy) is 2. The Morgan fingerprint density at radius 1 is 1.17 bits per heavy atom. The quantitative estimate of drug-likeness (QED) is 0.666. The third-order valence-electron chi connectivity index (χ3n) is 3.28. The van der Waals surface area contributed by atoms with Gasteiger partial charge in [-0.3, -0.25) is 10.1 Å². The van der Waals surface area contributed by atoms with Gasteiger partial charge >= 0.3 is 5.97 Å². The molecular weight excluding hydrogens is 302 g/mol. The molecular formula is C16H15NO6. The number of hydrogen-bond acceptors (Lipinski definition) is 5. The zero-order valence-electron chi connectivity index (χ0n) is 12.8. The van der Waals surface area contributed by atoms with Crippen LogP contribution in [0.5, 0.6) is 17.2 Å². The molecule has 0 aliphatic heterocycles. The molecule has 7 nitrogen and oxygen atoms in total. The SMILES string of the molecule is COc1ccc(Oc2c(C)cc([N+](=O)[O-])cc2C)cc1C(=O)O. The highest BCUT2D eigenvalue weighted by molar-refractivity contribution is 5.91. The zero-order valence-corrected chi connectivity index (χ0v) is 12.8. The molecule has 0 saturated heterocycles. The lowest BCUT2D eigenvalue weighted by atomic mass is 10.1. The van der Waals surface area contributed by atoms with Gasteiger partial charge in [0.2, 0.25) is 0 Å². The van der Waals surface area contributed by atoms with Gasteiger partial charge in [0.25, 0.3) is 5.69 Å². The standard InChI is InChI=1S/C16H15NO6/c1-9-6-11(17(20)21)7-10(2)15(9)23-12-4-5-14(22-3)13(8-12)16(18)19/h4-8H,1-3H3,(H,18,19). The van der Waals surface area contributed by atoms with E-state index in [0.29, 0.717) is 22.6 Å². The summed E-state index contributed by atoms with van der Waals surface area (Å²) in [5.74, 6) is -0.146. The van der Waals surface area contributed by atoms with E-state index in [1.807, 2.05) is 0 Å². The lowest BCUT2D eigenvalue weighted by molar-refractivity contribution is -0.385. The largest absolute Gasteiger partial charge is 0.496 e. The van der Waals surface area contributed by atoms with E-state index in [1.54, 1.807) is 19.9 Å². The van der Waals surface area contributed by atoms with Crippen LogP contribution in [0.2, 0.25) is 0 Å².